The Bertz CT molecular complexity index is 751. The third-order valence-corrected chi connectivity index (χ3v) is 3.74. The topological polar surface area (TPSA) is 66.9 Å². The molecule has 26 heavy (non-hydrogen) atoms. The monoisotopic (exact) mass is 386 g/mol. The molecule has 1 aromatic heterocycles. The maximum atomic E-state index is 13.1. The number of hydrogen-bond donors (Lipinski definition) is 2. The molecular formula is C17H18ClF3N4O. The number of carbonyl (C=O) groups is 1. The van der Waals surface area contributed by atoms with E-state index in [0.29, 0.717) is 5.82 Å². The van der Waals surface area contributed by atoms with E-state index in [1.54, 1.807) is 0 Å². The second-order valence-electron chi connectivity index (χ2n) is 5.56. The summed E-state index contributed by atoms with van der Waals surface area (Å²) in [5.74, 6) is -0.289. The first-order valence-electron chi connectivity index (χ1n) is 8.05. The highest BCUT2D eigenvalue weighted by Gasteiger charge is 2.34. The van der Waals surface area contributed by atoms with Crippen molar-refractivity contribution in [3.63, 3.8) is 0 Å². The minimum absolute atomic E-state index is 0.0754. The van der Waals surface area contributed by atoms with Crippen LogP contribution >= 0.6 is 11.6 Å². The molecule has 2 N–H and O–H groups in total. The van der Waals surface area contributed by atoms with Crippen molar-refractivity contribution in [2.75, 3.05) is 17.2 Å². The molecule has 0 saturated carbocycles. The van der Waals surface area contributed by atoms with Crippen LogP contribution in [0.5, 0.6) is 0 Å². The smallest absolute Gasteiger partial charge is 0.369 e. The van der Waals surface area contributed by atoms with Crippen molar-refractivity contribution in [3.8, 4) is 0 Å². The van der Waals surface area contributed by atoms with E-state index in [2.05, 4.69) is 27.5 Å². The van der Waals surface area contributed by atoms with Gasteiger partial charge in [0, 0.05) is 11.6 Å². The van der Waals surface area contributed by atoms with E-state index in [1.165, 1.54) is 18.5 Å². The molecule has 0 bridgehead atoms. The fourth-order valence-electron chi connectivity index (χ4n) is 2.17. The number of benzene rings is 1. The van der Waals surface area contributed by atoms with Gasteiger partial charge in [-0.2, -0.15) is 13.2 Å². The minimum atomic E-state index is -4.65. The van der Waals surface area contributed by atoms with Gasteiger partial charge in [0.25, 0.3) is 5.91 Å². The van der Waals surface area contributed by atoms with Crippen molar-refractivity contribution in [3.05, 3.63) is 46.9 Å². The summed E-state index contributed by atoms with van der Waals surface area (Å²) in [6.07, 6.45) is 1.09. The first-order chi connectivity index (χ1) is 12.3. The molecule has 0 saturated heterocycles. The van der Waals surface area contributed by atoms with E-state index in [-0.39, 0.29) is 10.7 Å². The Morgan fingerprint density at radius 1 is 1.19 bits per heavy atom. The second kappa shape index (κ2) is 8.84. The van der Waals surface area contributed by atoms with Crippen LogP contribution in [0.4, 0.5) is 24.7 Å². The molecule has 0 radical (unpaired) electrons. The molecule has 1 heterocycles. The maximum absolute atomic E-state index is 13.1. The van der Waals surface area contributed by atoms with Crippen LogP contribution in [0.2, 0.25) is 5.02 Å². The summed E-state index contributed by atoms with van der Waals surface area (Å²) in [5.41, 5.74) is -1.51. The van der Waals surface area contributed by atoms with Crippen LogP contribution in [0.3, 0.4) is 0 Å². The highest BCUT2D eigenvalue weighted by Crippen LogP contribution is 2.36. The molecule has 0 aliphatic carbocycles. The Morgan fingerprint density at radius 3 is 2.58 bits per heavy atom. The van der Waals surface area contributed by atoms with Gasteiger partial charge >= 0.3 is 6.18 Å². The third kappa shape index (κ3) is 5.59. The summed E-state index contributed by atoms with van der Waals surface area (Å²) in [5, 5.41) is 5.19. The lowest BCUT2D eigenvalue weighted by molar-refractivity contribution is -0.136. The van der Waals surface area contributed by atoms with Crippen LogP contribution in [-0.4, -0.2) is 22.4 Å². The fourth-order valence-corrected chi connectivity index (χ4v) is 2.35. The zero-order chi connectivity index (χ0) is 19.2. The van der Waals surface area contributed by atoms with Gasteiger partial charge in [-0.3, -0.25) is 4.79 Å². The minimum Gasteiger partial charge on any atom is -0.369 e. The predicted molar refractivity (Wildman–Crippen MR) is 94.5 cm³/mol. The van der Waals surface area contributed by atoms with Crippen molar-refractivity contribution in [1.29, 1.82) is 0 Å². The molecule has 0 aliphatic rings. The zero-order valence-corrected chi connectivity index (χ0v) is 14.8. The van der Waals surface area contributed by atoms with Gasteiger partial charge in [0.05, 0.1) is 23.6 Å². The predicted octanol–water partition coefficient (Wildman–Crippen LogP) is 5.00. The summed E-state index contributed by atoms with van der Waals surface area (Å²) < 4.78 is 39.2. The number of alkyl halides is 3. The normalized spacial score (nSPS) is 11.3. The Hall–Kier alpha value is -2.35. The number of hydrogen-bond acceptors (Lipinski definition) is 4. The van der Waals surface area contributed by atoms with Gasteiger partial charge in [-0.1, -0.05) is 31.4 Å². The van der Waals surface area contributed by atoms with E-state index in [9.17, 15) is 18.0 Å². The molecule has 5 nitrogen and oxygen atoms in total. The van der Waals surface area contributed by atoms with Gasteiger partial charge in [0.15, 0.2) is 0 Å². The van der Waals surface area contributed by atoms with Gasteiger partial charge in [-0.25, -0.2) is 9.97 Å². The number of nitrogens with zero attached hydrogens (tertiary/aromatic N) is 2. The lowest BCUT2D eigenvalue weighted by atomic mass is 10.1. The van der Waals surface area contributed by atoms with Gasteiger partial charge in [0.2, 0.25) is 0 Å². The van der Waals surface area contributed by atoms with E-state index >= 15 is 0 Å². The Morgan fingerprint density at radius 2 is 1.96 bits per heavy atom. The Kier molecular flexibility index (Phi) is 6.79. The zero-order valence-electron chi connectivity index (χ0n) is 14.0. The van der Waals surface area contributed by atoms with Crippen molar-refractivity contribution < 1.29 is 18.0 Å². The number of carbonyl (C=O) groups excluding carboxylic acids is 1. The van der Waals surface area contributed by atoms with Crippen LogP contribution in [0.25, 0.3) is 0 Å². The first-order valence-corrected chi connectivity index (χ1v) is 8.43. The summed E-state index contributed by atoms with van der Waals surface area (Å²) in [4.78, 5) is 20.1. The van der Waals surface area contributed by atoms with Crippen LogP contribution in [0.15, 0.2) is 30.6 Å². The van der Waals surface area contributed by atoms with Crippen LogP contribution in [0.1, 0.15) is 42.2 Å². The van der Waals surface area contributed by atoms with E-state index in [0.717, 1.165) is 37.9 Å². The molecule has 0 aliphatic heterocycles. The lowest BCUT2D eigenvalue weighted by Gasteiger charge is -2.14. The number of rotatable bonds is 7. The number of unbranched alkanes of at least 4 members (excludes halogenated alkanes) is 2. The van der Waals surface area contributed by atoms with E-state index in [1.807, 2.05) is 0 Å². The molecule has 0 spiro atoms. The maximum Gasteiger partial charge on any atom is 0.418 e. The Balaban J connectivity index is 2.06. The summed E-state index contributed by atoms with van der Waals surface area (Å²) >= 11 is 5.61. The number of nitrogens with one attached hydrogen (secondary N) is 2. The first kappa shape index (κ1) is 20.0. The molecule has 0 unspecified atom stereocenters. The largest absolute Gasteiger partial charge is 0.418 e. The standard InChI is InChI=1S/C17H18ClF3N4O/c1-2-3-4-7-22-15-10-23-14(9-24-15)16(26)25-13-6-5-11(18)8-12(13)17(19,20)21/h5-6,8-10H,2-4,7H2,1H3,(H,22,24)(H,25,26). The van der Waals surface area contributed by atoms with Crippen molar-refractivity contribution >= 4 is 29.0 Å². The summed E-state index contributed by atoms with van der Waals surface area (Å²) in [6.45, 7) is 2.83. The highest BCUT2D eigenvalue weighted by molar-refractivity contribution is 6.30. The van der Waals surface area contributed by atoms with Gasteiger partial charge in [-0.05, 0) is 24.6 Å². The second-order valence-corrected chi connectivity index (χ2v) is 6.00. The van der Waals surface area contributed by atoms with Crippen LogP contribution < -0.4 is 10.6 Å². The molecule has 1 aromatic carbocycles. The van der Waals surface area contributed by atoms with Crippen molar-refractivity contribution in [2.24, 2.45) is 0 Å². The van der Waals surface area contributed by atoms with E-state index < -0.39 is 23.3 Å². The molecule has 2 aromatic rings. The molecule has 0 atom stereocenters. The number of halogens is 4. The molecular weight excluding hydrogens is 369 g/mol. The lowest BCUT2D eigenvalue weighted by Crippen LogP contribution is -2.18. The van der Waals surface area contributed by atoms with Crippen LogP contribution in [0, 0.1) is 0 Å². The third-order valence-electron chi connectivity index (χ3n) is 3.51. The summed E-state index contributed by atoms with van der Waals surface area (Å²) in [6, 6.07) is 3.12. The van der Waals surface area contributed by atoms with Gasteiger partial charge < -0.3 is 10.6 Å². The molecule has 1 amide bonds. The number of anilines is 2. The summed E-state index contributed by atoms with van der Waals surface area (Å²) in [7, 11) is 0. The van der Waals surface area contributed by atoms with Crippen LogP contribution in [-0.2, 0) is 6.18 Å². The molecule has 0 fully saturated rings. The van der Waals surface area contributed by atoms with Gasteiger partial charge in [0.1, 0.15) is 11.5 Å². The van der Waals surface area contributed by atoms with E-state index in [4.69, 9.17) is 11.6 Å². The van der Waals surface area contributed by atoms with Gasteiger partial charge in [-0.15, -0.1) is 0 Å². The number of aromatic nitrogens is 2. The molecule has 9 heteroatoms. The Labute approximate surface area is 154 Å². The molecule has 2 rings (SSSR count). The average Bonchev–Trinajstić information content (AvgIpc) is 2.60. The number of amides is 1. The fraction of sp³-hybridized carbons (Fsp3) is 0.353. The SMILES string of the molecule is CCCCCNc1cnc(C(=O)Nc2ccc(Cl)cc2C(F)(F)F)cn1. The van der Waals surface area contributed by atoms with Crippen molar-refractivity contribution in [2.45, 2.75) is 32.4 Å². The highest BCUT2D eigenvalue weighted by atomic mass is 35.5. The molecule has 140 valence electrons. The quantitative estimate of drug-likeness (QED) is 0.657. The average molecular weight is 387 g/mol. The van der Waals surface area contributed by atoms with Crippen molar-refractivity contribution in [1.82, 2.24) is 9.97 Å².